The Labute approximate surface area is 102 Å². The van der Waals surface area contributed by atoms with Gasteiger partial charge in [0.15, 0.2) is 0 Å². The summed E-state index contributed by atoms with van der Waals surface area (Å²) < 4.78 is 4.68. The Balaban J connectivity index is 3.11. The van der Waals surface area contributed by atoms with E-state index in [1.165, 1.54) is 0 Å². The second kappa shape index (κ2) is 5.76. The first kappa shape index (κ1) is 13.6. The Kier molecular flexibility index (Phi) is 4.36. The van der Waals surface area contributed by atoms with E-state index in [0.717, 1.165) is 18.2 Å². The fourth-order valence-corrected chi connectivity index (χ4v) is 1.42. The lowest BCUT2D eigenvalue weighted by Gasteiger charge is -2.05. The van der Waals surface area contributed by atoms with Gasteiger partial charge in [0.05, 0.1) is 23.5 Å². The number of nitrogens with zero attached hydrogens (tertiary/aromatic N) is 1. The average molecular weight is 253 g/mol. The molecule has 1 rings (SSSR count). The molecule has 0 aliphatic carbocycles. The van der Waals surface area contributed by atoms with Crippen molar-refractivity contribution in [3.05, 3.63) is 39.4 Å². The van der Waals surface area contributed by atoms with Crippen LogP contribution in [0.3, 0.4) is 0 Å². The predicted octanol–water partition coefficient (Wildman–Crippen LogP) is 1.40. The highest BCUT2D eigenvalue weighted by Gasteiger charge is 2.17. The number of carbonyl (C=O) groups is 2. The molecule has 0 unspecified atom stereocenters. The van der Waals surface area contributed by atoms with Crippen molar-refractivity contribution in [2.75, 3.05) is 6.61 Å². The van der Waals surface area contributed by atoms with Gasteiger partial charge in [0.25, 0.3) is 5.69 Å². The summed E-state index contributed by atoms with van der Waals surface area (Å²) >= 11 is 0. The number of ether oxygens (including phenoxy) is 1. The molecule has 0 heterocycles. The first-order valence-corrected chi connectivity index (χ1v) is 5.12. The Morgan fingerprint density at radius 3 is 2.61 bits per heavy atom. The number of hydrogen-bond acceptors (Lipinski definition) is 5. The van der Waals surface area contributed by atoms with Gasteiger partial charge in [-0.1, -0.05) is 0 Å². The minimum absolute atomic E-state index is 0.0650. The first-order chi connectivity index (χ1) is 8.45. The van der Waals surface area contributed by atoms with Crippen LogP contribution in [-0.4, -0.2) is 28.6 Å². The molecule has 1 N–H and O–H groups in total. The third-order valence-electron chi connectivity index (χ3n) is 2.17. The molecule has 0 atom stereocenters. The summed E-state index contributed by atoms with van der Waals surface area (Å²) in [5, 5.41) is 19.5. The second-order valence-corrected chi connectivity index (χ2v) is 3.39. The van der Waals surface area contributed by atoms with Gasteiger partial charge in [-0.3, -0.25) is 14.9 Å². The van der Waals surface area contributed by atoms with E-state index in [0.29, 0.717) is 0 Å². The molecule has 0 saturated heterocycles. The maximum Gasteiger partial charge on any atom is 0.335 e. The van der Waals surface area contributed by atoms with E-state index >= 15 is 0 Å². The van der Waals surface area contributed by atoms with E-state index in [9.17, 15) is 19.7 Å². The molecular formula is C11H11NO6. The van der Waals surface area contributed by atoms with E-state index in [1.54, 1.807) is 6.92 Å². The van der Waals surface area contributed by atoms with E-state index < -0.39 is 16.9 Å². The zero-order valence-corrected chi connectivity index (χ0v) is 9.58. The summed E-state index contributed by atoms with van der Waals surface area (Å²) in [6.07, 6.45) is -0.308. The number of benzene rings is 1. The highest BCUT2D eigenvalue weighted by molar-refractivity contribution is 5.91. The molecule has 1 aromatic rings. The van der Waals surface area contributed by atoms with E-state index in [-0.39, 0.29) is 29.8 Å². The molecule has 0 bridgehead atoms. The van der Waals surface area contributed by atoms with Crippen LogP contribution in [0.5, 0.6) is 0 Å². The lowest BCUT2D eigenvalue weighted by molar-refractivity contribution is -0.384. The smallest absolute Gasteiger partial charge is 0.335 e. The van der Waals surface area contributed by atoms with Gasteiger partial charge in [0.2, 0.25) is 0 Å². The normalized spacial score (nSPS) is 9.83. The Bertz CT molecular complexity index is 496. The number of carbonyl (C=O) groups excluding carboxylic acids is 1. The molecule has 0 aliphatic heterocycles. The molecule has 96 valence electrons. The van der Waals surface area contributed by atoms with Crippen LogP contribution < -0.4 is 0 Å². The van der Waals surface area contributed by atoms with Gasteiger partial charge in [0, 0.05) is 12.1 Å². The molecule has 18 heavy (non-hydrogen) atoms. The highest BCUT2D eigenvalue weighted by atomic mass is 16.6. The van der Waals surface area contributed by atoms with Gasteiger partial charge in [-0.2, -0.15) is 0 Å². The summed E-state index contributed by atoms with van der Waals surface area (Å²) in [6.45, 7) is 1.78. The maximum atomic E-state index is 11.3. The molecule has 0 aliphatic rings. The van der Waals surface area contributed by atoms with Gasteiger partial charge < -0.3 is 9.84 Å². The van der Waals surface area contributed by atoms with Crippen LogP contribution in [0.15, 0.2) is 18.2 Å². The lowest BCUT2D eigenvalue weighted by atomic mass is 10.0. The first-order valence-electron chi connectivity index (χ1n) is 5.12. The van der Waals surface area contributed by atoms with Crippen LogP contribution in [0.25, 0.3) is 0 Å². The summed E-state index contributed by atoms with van der Waals surface area (Å²) in [5.74, 6) is -1.87. The van der Waals surface area contributed by atoms with E-state index in [4.69, 9.17) is 5.11 Å². The fourth-order valence-electron chi connectivity index (χ4n) is 1.42. The van der Waals surface area contributed by atoms with Crippen LogP contribution in [0.2, 0.25) is 0 Å². The van der Waals surface area contributed by atoms with Gasteiger partial charge in [-0.25, -0.2) is 4.79 Å². The van der Waals surface area contributed by atoms with E-state index in [2.05, 4.69) is 4.74 Å². The number of carboxylic acid groups (broad SMARTS) is 1. The summed E-state index contributed by atoms with van der Waals surface area (Å²) in [7, 11) is 0. The second-order valence-electron chi connectivity index (χ2n) is 3.39. The minimum atomic E-state index is -1.25. The van der Waals surface area contributed by atoms with Crippen molar-refractivity contribution in [2.45, 2.75) is 13.3 Å². The molecule has 0 aromatic heterocycles. The number of non-ortho nitro benzene ring substituents is 1. The minimum Gasteiger partial charge on any atom is -0.478 e. The number of nitro benzene ring substituents is 1. The number of carboxylic acids is 1. The van der Waals surface area contributed by atoms with Crippen molar-refractivity contribution >= 4 is 17.6 Å². The number of nitro groups is 1. The standard InChI is InChI=1S/C11H11NO6/c1-2-18-10(13)6-7-5-8(12(16)17)3-4-9(7)11(14)15/h3-5H,2,6H2,1H3,(H,14,15). The molecule has 0 saturated carbocycles. The number of aromatic carboxylic acids is 1. The van der Waals surface area contributed by atoms with Gasteiger partial charge in [0.1, 0.15) is 0 Å². The number of esters is 1. The molecule has 0 spiro atoms. The van der Waals surface area contributed by atoms with Gasteiger partial charge >= 0.3 is 11.9 Å². The molecule has 1 aromatic carbocycles. The third-order valence-corrected chi connectivity index (χ3v) is 2.17. The summed E-state index contributed by atoms with van der Waals surface area (Å²) in [5.41, 5.74) is -0.344. The van der Waals surface area contributed by atoms with Gasteiger partial charge in [-0.05, 0) is 18.6 Å². The highest BCUT2D eigenvalue weighted by Crippen LogP contribution is 2.19. The number of rotatable bonds is 5. The van der Waals surface area contributed by atoms with Crippen molar-refractivity contribution < 1.29 is 24.4 Å². The quantitative estimate of drug-likeness (QED) is 0.482. The van der Waals surface area contributed by atoms with Gasteiger partial charge in [-0.15, -0.1) is 0 Å². The van der Waals surface area contributed by atoms with E-state index in [1.807, 2.05) is 0 Å². The summed E-state index contributed by atoms with van der Waals surface area (Å²) in [4.78, 5) is 32.1. The average Bonchev–Trinajstić information content (AvgIpc) is 2.28. The largest absolute Gasteiger partial charge is 0.478 e. The van der Waals surface area contributed by atoms with Crippen LogP contribution in [0, 0.1) is 10.1 Å². The molecular weight excluding hydrogens is 242 g/mol. The van der Waals surface area contributed by atoms with Crippen molar-refractivity contribution in [3.63, 3.8) is 0 Å². The van der Waals surface area contributed by atoms with Crippen molar-refractivity contribution in [2.24, 2.45) is 0 Å². The maximum absolute atomic E-state index is 11.3. The fraction of sp³-hybridized carbons (Fsp3) is 0.273. The Hall–Kier alpha value is -2.44. The molecule has 0 amide bonds. The molecule has 7 heteroatoms. The summed E-state index contributed by atoms with van der Waals surface area (Å²) in [6, 6.07) is 3.26. The van der Waals surface area contributed by atoms with Crippen LogP contribution in [-0.2, 0) is 16.0 Å². The molecule has 7 nitrogen and oxygen atoms in total. The van der Waals surface area contributed by atoms with Crippen molar-refractivity contribution in [3.8, 4) is 0 Å². The monoisotopic (exact) mass is 253 g/mol. The number of hydrogen-bond donors (Lipinski definition) is 1. The third kappa shape index (κ3) is 3.27. The topological polar surface area (TPSA) is 107 Å². The molecule has 0 fully saturated rings. The zero-order chi connectivity index (χ0) is 13.7. The zero-order valence-electron chi connectivity index (χ0n) is 9.58. The predicted molar refractivity (Wildman–Crippen MR) is 60.4 cm³/mol. The van der Waals surface area contributed by atoms with Crippen LogP contribution >= 0.6 is 0 Å². The SMILES string of the molecule is CCOC(=O)Cc1cc([N+](=O)[O-])ccc1C(=O)O. The van der Waals surface area contributed by atoms with Crippen molar-refractivity contribution in [1.29, 1.82) is 0 Å². The lowest BCUT2D eigenvalue weighted by Crippen LogP contribution is -2.11. The van der Waals surface area contributed by atoms with Crippen molar-refractivity contribution in [1.82, 2.24) is 0 Å². The molecule has 0 radical (unpaired) electrons. The Morgan fingerprint density at radius 1 is 1.44 bits per heavy atom. The van der Waals surface area contributed by atoms with Crippen LogP contribution in [0.1, 0.15) is 22.8 Å². The Morgan fingerprint density at radius 2 is 2.11 bits per heavy atom. The van der Waals surface area contributed by atoms with Crippen LogP contribution in [0.4, 0.5) is 5.69 Å².